The van der Waals surface area contributed by atoms with Crippen LogP contribution in [-0.4, -0.2) is 20.3 Å². The standard InChI is InChI=1S/C25H21FN4O3/c1-16-11-17(2)13-21(12-16)30-25(33)29(15-18-7-4-3-5-8-18)24(32)22(28-30)23(31)27-20-10-6-9-19(26)14-20/h3-14H,15H2,1-2H3,(H,27,31). The fraction of sp³-hybridized carbons (Fsp3) is 0.120. The van der Waals surface area contributed by atoms with E-state index in [0.29, 0.717) is 11.3 Å². The van der Waals surface area contributed by atoms with Crippen molar-refractivity contribution in [3.05, 3.63) is 122 Å². The maximum absolute atomic E-state index is 13.5. The Balaban J connectivity index is 1.88. The Morgan fingerprint density at radius 2 is 1.64 bits per heavy atom. The van der Waals surface area contributed by atoms with E-state index in [0.717, 1.165) is 26.4 Å². The number of halogens is 1. The minimum Gasteiger partial charge on any atom is -0.320 e. The molecule has 0 atom stereocenters. The van der Waals surface area contributed by atoms with Gasteiger partial charge in [0, 0.05) is 5.69 Å². The zero-order chi connectivity index (χ0) is 23.5. The van der Waals surface area contributed by atoms with Gasteiger partial charge in [-0.2, -0.15) is 9.78 Å². The van der Waals surface area contributed by atoms with Crippen LogP contribution in [0, 0.1) is 19.7 Å². The number of carbonyl (C=O) groups is 1. The van der Waals surface area contributed by atoms with Crippen molar-refractivity contribution in [2.45, 2.75) is 20.4 Å². The normalized spacial score (nSPS) is 10.8. The lowest BCUT2D eigenvalue weighted by Crippen LogP contribution is -2.45. The molecule has 1 amide bonds. The van der Waals surface area contributed by atoms with Gasteiger partial charge in [0.2, 0.25) is 5.69 Å². The third-order valence-electron chi connectivity index (χ3n) is 4.99. The molecule has 166 valence electrons. The zero-order valence-electron chi connectivity index (χ0n) is 18.1. The lowest BCUT2D eigenvalue weighted by atomic mass is 10.1. The summed E-state index contributed by atoms with van der Waals surface area (Å²) in [6.45, 7) is 3.71. The first-order valence-corrected chi connectivity index (χ1v) is 10.3. The van der Waals surface area contributed by atoms with Gasteiger partial charge >= 0.3 is 5.69 Å². The minimum atomic E-state index is -0.842. The Morgan fingerprint density at radius 3 is 2.30 bits per heavy atom. The maximum atomic E-state index is 13.5. The fourth-order valence-electron chi connectivity index (χ4n) is 3.56. The Bertz CT molecular complexity index is 1440. The summed E-state index contributed by atoms with van der Waals surface area (Å²) < 4.78 is 15.6. The van der Waals surface area contributed by atoms with E-state index in [1.54, 1.807) is 36.4 Å². The summed E-state index contributed by atoms with van der Waals surface area (Å²) in [5.41, 5.74) is 1.12. The topological polar surface area (TPSA) is 86.0 Å². The van der Waals surface area contributed by atoms with Gasteiger partial charge < -0.3 is 5.32 Å². The lowest BCUT2D eigenvalue weighted by molar-refractivity contribution is 0.101. The molecule has 0 radical (unpaired) electrons. The Kier molecular flexibility index (Phi) is 5.99. The monoisotopic (exact) mass is 444 g/mol. The SMILES string of the molecule is Cc1cc(C)cc(-n2nc(C(=O)Nc3cccc(F)c3)c(=O)n(Cc3ccccc3)c2=O)c1. The van der Waals surface area contributed by atoms with Gasteiger partial charge in [0.05, 0.1) is 12.2 Å². The smallest absolute Gasteiger partial charge is 0.320 e. The molecule has 0 unspecified atom stereocenters. The highest BCUT2D eigenvalue weighted by atomic mass is 19.1. The number of aryl methyl sites for hydroxylation is 2. The second-order valence-electron chi connectivity index (χ2n) is 7.73. The van der Waals surface area contributed by atoms with Crippen LogP contribution in [0.1, 0.15) is 27.2 Å². The van der Waals surface area contributed by atoms with Crippen molar-refractivity contribution < 1.29 is 9.18 Å². The average molecular weight is 444 g/mol. The maximum Gasteiger partial charge on any atom is 0.352 e. The zero-order valence-corrected chi connectivity index (χ0v) is 18.1. The highest BCUT2D eigenvalue weighted by Gasteiger charge is 2.21. The molecule has 33 heavy (non-hydrogen) atoms. The van der Waals surface area contributed by atoms with Gasteiger partial charge in [-0.25, -0.2) is 9.18 Å². The third-order valence-corrected chi connectivity index (χ3v) is 4.99. The molecule has 3 aromatic carbocycles. The van der Waals surface area contributed by atoms with E-state index >= 15 is 0 Å². The molecule has 0 saturated heterocycles. The van der Waals surface area contributed by atoms with Gasteiger partial charge in [0.1, 0.15) is 5.82 Å². The molecular weight excluding hydrogens is 423 g/mol. The first kappa shape index (κ1) is 21.9. The van der Waals surface area contributed by atoms with E-state index in [1.807, 2.05) is 26.0 Å². The number of amides is 1. The van der Waals surface area contributed by atoms with E-state index in [-0.39, 0.29) is 12.2 Å². The number of aromatic nitrogens is 3. The predicted molar refractivity (Wildman–Crippen MR) is 123 cm³/mol. The molecule has 0 bridgehead atoms. The number of anilines is 1. The van der Waals surface area contributed by atoms with Gasteiger partial charge in [-0.05, 0) is 60.9 Å². The van der Waals surface area contributed by atoms with Crippen molar-refractivity contribution in [1.82, 2.24) is 14.3 Å². The van der Waals surface area contributed by atoms with E-state index in [4.69, 9.17) is 0 Å². The predicted octanol–water partition coefficient (Wildman–Crippen LogP) is 3.45. The largest absolute Gasteiger partial charge is 0.352 e. The van der Waals surface area contributed by atoms with Crippen LogP contribution in [0.3, 0.4) is 0 Å². The van der Waals surface area contributed by atoms with E-state index in [1.165, 1.54) is 18.2 Å². The highest BCUT2D eigenvalue weighted by molar-refractivity contribution is 6.02. The summed E-state index contributed by atoms with van der Waals surface area (Å²) in [6.07, 6.45) is 0. The minimum absolute atomic E-state index is 0.0356. The molecule has 1 N–H and O–H groups in total. The first-order chi connectivity index (χ1) is 15.8. The molecule has 0 spiro atoms. The molecule has 0 saturated carbocycles. The molecule has 4 rings (SSSR count). The van der Waals surface area contributed by atoms with Crippen molar-refractivity contribution in [3.63, 3.8) is 0 Å². The average Bonchev–Trinajstić information content (AvgIpc) is 2.76. The van der Waals surface area contributed by atoms with Crippen LogP contribution >= 0.6 is 0 Å². The first-order valence-electron chi connectivity index (χ1n) is 10.3. The lowest BCUT2D eigenvalue weighted by Gasteiger charge is -2.13. The van der Waals surface area contributed by atoms with Crippen molar-refractivity contribution in [1.29, 1.82) is 0 Å². The molecule has 0 aliphatic rings. The van der Waals surface area contributed by atoms with Crippen molar-refractivity contribution >= 4 is 11.6 Å². The number of hydrogen-bond donors (Lipinski definition) is 1. The van der Waals surface area contributed by atoms with Crippen molar-refractivity contribution in [2.24, 2.45) is 0 Å². The molecule has 1 aromatic heterocycles. The molecule has 1 heterocycles. The van der Waals surface area contributed by atoms with Crippen LogP contribution in [0.15, 0.2) is 82.4 Å². The number of rotatable bonds is 5. The van der Waals surface area contributed by atoms with Gasteiger partial charge in [-0.15, -0.1) is 0 Å². The summed E-state index contributed by atoms with van der Waals surface area (Å²) in [4.78, 5) is 39.4. The van der Waals surface area contributed by atoms with Gasteiger partial charge in [0.15, 0.2) is 0 Å². The summed E-state index contributed by atoms with van der Waals surface area (Å²) >= 11 is 0. The van der Waals surface area contributed by atoms with Crippen molar-refractivity contribution in [2.75, 3.05) is 5.32 Å². The third kappa shape index (κ3) is 4.79. The number of nitrogens with one attached hydrogen (secondary N) is 1. The second-order valence-corrected chi connectivity index (χ2v) is 7.73. The van der Waals surface area contributed by atoms with Gasteiger partial charge in [-0.3, -0.25) is 14.2 Å². The molecule has 7 nitrogen and oxygen atoms in total. The van der Waals surface area contributed by atoms with Crippen LogP contribution in [0.4, 0.5) is 10.1 Å². The Morgan fingerprint density at radius 1 is 0.939 bits per heavy atom. The van der Waals surface area contributed by atoms with Crippen LogP contribution in [0.5, 0.6) is 0 Å². The van der Waals surface area contributed by atoms with E-state index < -0.39 is 28.7 Å². The summed E-state index contributed by atoms with van der Waals surface area (Å²) in [7, 11) is 0. The van der Waals surface area contributed by atoms with Gasteiger partial charge in [0.25, 0.3) is 11.5 Å². The Hall–Kier alpha value is -4.33. The number of carbonyl (C=O) groups excluding carboxylic acids is 1. The van der Waals surface area contributed by atoms with Crippen LogP contribution in [-0.2, 0) is 6.54 Å². The van der Waals surface area contributed by atoms with E-state index in [9.17, 15) is 18.8 Å². The summed E-state index contributed by atoms with van der Waals surface area (Å²) in [5.74, 6) is -1.38. The second kappa shape index (κ2) is 9.04. The Labute approximate surface area is 188 Å². The number of hydrogen-bond acceptors (Lipinski definition) is 4. The molecular formula is C25H21FN4O3. The number of nitrogens with zero attached hydrogens (tertiary/aromatic N) is 3. The van der Waals surface area contributed by atoms with Crippen LogP contribution in [0.25, 0.3) is 5.69 Å². The molecule has 4 aromatic rings. The van der Waals surface area contributed by atoms with Crippen molar-refractivity contribution in [3.8, 4) is 5.69 Å². The highest BCUT2D eigenvalue weighted by Crippen LogP contribution is 2.12. The van der Waals surface area contributed by atoms with Crippen LogP contribution in [0.2, 0.25) is 0 Å². The van der Waals surface area contributed by atoms with Gasteiger partial charge in [-0.1, -0.05) is 42.5 Å². The molecule has 0 aliphatic heterocycles. The molecule has 0 aliphatic carbocycles. The van der Waals surface area contributed by atoms with Crippen LogP contribution < -0.4 is 16.6 Å². The number of benzene rings is 3. The van der Waals surface area contributed by atoms with E-state index in [2.05, 4.69) is 10.4 Å². The fourth-order valence-corrected chi connectivity index (χ4v) is 3.56. The quantitative estimate of drug-likeness (QED) is 0.511. The summed E-state index contributed by atoms with van der Waals surface area (Å²) in [6, 6.07) is 19.7. The molecule has 8 heteroatoms. The molecule has 0 fully saturated rings. The summed E-state index contributed by atoms with van der Waals surface area (Å²) in [5, 5.41) is 6.59.